The predicted molar refractivity (Wildman–Crippen MR) is 74.8 cm³/mol. The SMILES string of the molecule is CCCCCCCCC.Cc1ccccc1. The highest BCUT2D eigenvalue weighted by atomic mass is 13.9. The molecule has 0 atom stereocenters. The Labute approximate surface area is 102 Å². The Kier molecular flexibility index (Phi) is 11.7. The van der Waals surface area contributed by atoms with Crippen LogP contribution in [0.15, 0.2) is 30.3 Å². The molecule has 1 aromatic carbocycles. The minimum atomic E-state index is 1.32. The second kappa shape index (κ2) is 12.3. The summed E-state index contributed by atoms with van der Waals surface area (Å²) in [5.74, 6) is 0. The summed E-state index contributed by atoms with van der Waals surface area (Å²) >= 11 is 0. The number of unbranched alkanes of at least 4 members (excludes halogenated alkanes) is 6. The molecule has 0 unspecified atom stereocenters. The molecule has 0 amide bonds. The minimum absolute atomic E-state index is 1.32. The monoisotopic (exact) mass is 220 g/mol. The lowest BCUT2D eigenvalue weighted by Crippen LogP contribution is -1.76. The summed E-state index contributed by atoms with van der Waals surface area (Å²) in [5.41, 5.74) is 1.32. The summed E-state index contributed by atoms with van der Waals surface area (Å²) in [7, 11) is 0. The van der Waals surface area contributed by atoms with Crippen LogP contribution in [0, 0.1) is 6.92 Å². The van der Waals surface area contributed by atoms with Crippen molar-refractivity contribution in [1.82, 2.24) is 0 Å². The fraction of sp³-hybridized carbons (Fsp3) is 0.625. The van der Waals surface area contributed by atoms with E-state index in [1.54, 1.807) is 0 Å². The number of aryl methyl sites for hydroxylation is 1. The van der Waals surface area contributed by atoms with Crippen LogP contribution in [-0.2, 0) is 0 Å². The molecule has 16 heavy (non-hydrogen) atoms. The molecule has 0 fully saturated rings. The van der Waals surface area contributed by atoms with Crippen molar-refractivity contribution in [1.29, 1.82) is 0 Å². The summed E-state index contributed by atoms with van der Waals surface area (Å²) in [6.45, 7) is 6.61. The van der Waals surface area contributed by atoms with Gasteiger partial charge in [0.2, 0.25) is 0 Å². The van der Waals surface area contributed by atoms with Crippen molar-refractivity contribution in [2.24, 2.45) is 0 Å². The van der Waals surface area contributed by atoms with Crippen molar-refractivity contribution in [3.8, 4) is 0 Å². The van der Waals surface area contributed by atoms with Gasteiger partial charge < -0.3 is 0 Å². The second-order valence-corrected chi connectivity index (χ2v) is 4.42. The lowest BCUT2D eigenvalue weighted by Gasteiger charge is -1.96. The second-order valence-electron chi connectivity index (χ2n) is 4.42. The first-order valence-corrected chi connectivity index (χ1v) is 6.82. The fourth-order valence-corrected chi connectivity index (χ4v) is 1.56. The van der Waals surface area contributed by atoms with Crippen molar-refractivity contribution in [2.75, 3.05) is 0 Å². The van der Waals surface area contributed by atoms with Crippen molar-refractivity contribution < 1.29 is 0 Å². The third kappa shape index (κ3) is 11.3. The van der Waals surface area contributed by atoms with Gasteiger partial charge in [-0.2, -0.15) is 0 Å². The molecule has 0 radical (unpaired) electrons. The maximum Gasteiger partial charge on any atom is -0.0398 e. The number of rotatable bonds is 6. The van der Waals surface area contributed by atoms with Gasteiger partial charge in [-0.1, -0.05) is 94.7 Å². The van der Waals surface area contributed by atoms with Crippen LogP contribution in [0.2, 0.25) is 0 Å². The lowest BCUT2D eigenvalue weighted by molar-refractivity contribution is 0.602. The van der Waals surface area contributed by atoms with Crippen LogP contribution in [0.4, 0.5) is 0 Å². The topological polar surface area (TPSA) is 0 Å². The summed E-state index contributed by atoms with van der Waals surface area (Å²) < 4.78 is 0. The maximum absolute atomic E-state index is 2.26. The molecule has 0 heterocycles. The summed E-state index contributed by atoms with van der Waals surface area (Å²) in [4.78, 5) is 0. The summed E-state index contributed by atoms with van der Waals surface area (Å²) in [5, 5.41) is 0. The van der Waals surface area contributed by atoms with Crippen molar-refractivity contribution in [3.05, 3.63) is 35.9 Å². The molecule has 0 aliphatic carbocycles. The quantitative estimate of drug-likeness (QED) is 0.535. The molecule has 1 rings (SSSR count). The van der Waals surface area contributed by atoms with E-state index in [2.05, 4.69) is 32.9 Å². The Hall–Kier alpha value is -0.780. The van der Waals surface area contributed by atoms with Crippen LogP contribution < -0.4 is 0 Å². The molecule has 92 valence electrons. The Balaban J connectivity index is 0.000000288. The van der Waals surface area contributed by atoms with E-state index in [-0.39, 0.29) is 0 Å². The minimum Gasteiger partial charge on any atom is -0.0654 e. The Bertz CT molecular complexity index is 207. The molecule has 0 spiro atoms. The van der Waals surface area contributed by atoms with E-state index < -0.39 is 0 Å². The van der Waals surface area contributed by atoms with Gasteiger partial charge in [0.15, 0.2) is 0 Å². The largest absolute Gasteiger partial charge is 0.0654 e. The zero-order valence-corrected chi connectivity index (χ0v) is 11.3. The van der Waals surface area contributed by atoms with Gasteiger partial charge in [-0.3, -0.25) is 0 Å². The van der Waals surface area contributed by atoms with Crippen LogP contribution in [0.5, 0.6) is 0 Å². The van der Waals surface area contributed by atoms with Gasteiger partial charge in [-0.25, -0.2) is 0 Å². The standard InChI is InChI=1S/C9H20.C7H8/c1-3-5-7-9-8-6-4-2;1-7-5-3-2-4-6-7/h3-9H2,1-2H3;2-6H,1H3. The summed E-state index contributed by atoms with van der Waals surface area (Å²) in [6.07, 6.45) is 9.97. The molecule has 0 saturated heterocycles. The maximum atomic E-state index is 2.26. The average Bonchev–Trinajstić information content (AvgIpc) is 2.31. The third-order valence-corrected chi connectivity index (χ3v) is 2.65. The van der Waals surface area contributed by atoms with Gasteiger partial charge in [-0.05, 0) is 6.92 Å². The predicted octanol–water partition coefficient (Wildman–Crippen LogP) is 5.75. The Morgan fingerprint density at radius 3 is 1.44 bits per heavy atom. The van der Waals surface area contributed by atoms with Gasteiger partial charge in [-0.15, -0.1) is 0 Å². The van der Waals surface area contributed by atoms with E-state index >= 15 is 0 Å². The molecule has 0 aliphatic rings. The fourth-order valence-electron chi connectivity index (χ4n) is 1.56. The lowest BCUT2D eigenvalue weighted by atomic mass is 10.1. The molecule has 0 aromatic heterocycles. The van der Waals surface area contributed by atoms with Gasteiger partial charge in [0.25, 0.3) is 0 Å². The van der Waals surface area contributed by atoms with E-state index in [1.165, 1.54) is 50.5 Å². The molecule has 0 bridgehead atoms. The zero-order valence-electron chi connectivity index (χ0n) is 11.3. The first-order chi connectivity index (χ1) is 7.81. The molecular weight excluding hydrogens is 192 g/mol. The van der Waals surface area contributed by atoms with E-state index in [9.17, 15) is 0 Å². The van der Waals surface area contributed by atoms with Crippen molar-refractivity contribution in [2.45, 2.75) is 65.7 Å². The Morgan fingerprint density at radius 1 is 0.688 bits per heavy atom. The highest BCUT2D eigenvalue weighted by Gasteiger charge is 1.85. The molecule has 0 aliphatic heterocycles. The summed E-state index contributed by atoms with van der Waals surface area (Å²) in [6, 6.07) is 10.3. The Morgan fingerprint density at radius 2 is 1.12 bits per heavy atom. The van der Waals surface area contributed by atoms with Crippen LogP contribution in [0.1, 0.15) is 64.4 Å². The van der Waals surface area contributed by atoms with Crippen LogP contribution in [0.25, 0.3) is 0 Å². The highest BCUT2D eigenvalue weighted by molar-refractivity contribution is 5.11. The number of benzene rings is 1. The molecule has 1 aromatic rings. The van der Waals surface area contributed by atoms with E-state index in [0.29, 0.717) is 0 Å². The molecule has 0 heteroatoms. The van der Waals surface area contributed by atoms with E-state index in [1.807, 2.05) is 18.2 Å². The van der Waals surface area contributed by atoms with Gasteiger partial charge >= 0.3 is 0 Å². The molecule has 0 nitrogen and oxygen atoms in total. The van der Waals surface area contributed by atoms with Crippen LogP contribution in [0.3, 0.4) is 0 Å². The van der Waals surface area contributed by atoms with Crippen LogP contribution in [-0.4, -0.2) is 0 Å². The van der Waals surface area contributed by atoms with Crippen molar-refractivity contribution >= 4 is 0 Å². The van der Waals surface area contributed by atoms with Crippen molar-refractivity contribution in [3.63, 3.8) is 0 Å². The van der Waals surface area contributed by atoms with Crippen LogP contribution >= 0.6 is 0 Å². The van der Waals surface area contributed by atoms with Gasteiger partial charge in [0, 0.05) is 0 Å². The van der Waals surface area contributed by atoms with Gasteiger partial charge in [0.1, 0.15) is 0 Å². The zero-order chi connectivity index (χ0) is 12.1. The van der Waals surface area contributed by atoms with E-state index in [4.69, 9.17) is 0 Å². The van der Waals surface area contributed by atoms with E-state index in [0.717, 1.165) is 0 Å². The van der Waals surface area contributed by atoms with Gasteiger partial charge in [0.05, 0.1) is 0 Å². The smallest absolute Gasteiger partial charge is 0.0398 e. The number of hydrogen-bond acceptors (Lipinski definition) is 0. The normalized spacial score (nSPS) is 9.44. The molecule has 0 saturated carbocycles. The highest BCUT2D eigenvalue weighted by Crippen LogP contribution is 2.05. The first kappa shape index (κ1) is 15.2. The molecule has 0 N–H and O–H groups in total. The molecular formula is C16H28. The third-order valence-electron chi connectivity index (χ3n) is 2.65. The number of hydrogen-bond donors (Lipinski definition) is 0. The first-order valence-electron chi connectivity index (χ1n) is 6.82. The average molecular weight is 220 g/mol.